The molecule has 0 saturated heterocycles. The molecule has 8 nitrogen and oxygen atoms in total. The van der Waals surface area contributed by atoms with E-state index in [-0.39, 0.29) is 5.56 Å². The summed E-state index contributed by atoms with van der Waals surface area (Å²) in [5.41, 5.74) is 1.01. The van der Waals surface area contributed by atoms with E-state index in [9.17, 15) is 4.79 Å². The van der Waals surface area contributed by atoms with Crippen molar-refractivity contribution in [3.05, 3.63) is 56.8 Å². The minimum absolute atomic E-state index is 0.0318. The minimum atomic E-state index is -0.0318. The van der Waals surface area contributed by atoms with Gasteiger partial charge in [0, 0.05) is 18.3 Å². The average molecular weight is 473 g/mol. The van der Waals surface area contributed by atoms with Crippen LogP contribution in [-0.4, -0.2) is 34.0 Å². The van der Waals surface area contributed by atoms with Crippen molar-refractivity contribution in [2.24, 2.45) is 0 Å². The van der Waals surface area contributed by atoms with Crippen molar-refractivity contribution >= 4 is 33.3 Å². The van der Waals surface area contributed by atoms with Crippen LogP contribution in [-0.2, 0) is 25.1 Å². The summed E-state index contributed by atoms with van der Waals surface area (Å²) in [6.45, 7) is 4.32. The number of aromatic nitrogens is 4. The maximum absolute atomic E-state index is 13.4. The van der Waals surface area contributed by atoms with Crippen molar-refractivity contribution in [1.29, 1.82) is 0 Å². The van der Waals surface area contributed by atoms with E-state index in [1.807, 2.05) is 24.3 Å². The molecule has 168 valence electrons. The number of methoxy groups -OCH3 is 2. The molecule has 0 aliphatic rings. The van der Waals surface area contributed by atoms with Gasteiger partial charge in [-0.3, -0.25) is 9.36 Å². The summed E-state index contributed by atoms with van der Waals surface area (Å²) in [7, 11) is 3.22. The number of rotatable bonds is 9. The van der Waals surface area contributed by atoms with Crippen LogP contribution in [0.15, 0.2) is 38.6 Å². The third-order valence-corrected chi connectivity index (χ3v) is 7.11. The first-order valence-electron chi connectivity index (χ1n) is 10.2. The zero-order chi connectivity index (χ0) is 22.7. The Morgan fingerprint density at radius 3 is 2.66 bits per heavy atom. The Labute approximate surface area is 193 Å². The van der Waals surface area contributed by atoms with Gasteiger partial charge in [0.25, 0.3) is 5.56 Å². The Balaban J connectivity index is 1.66. The highest BCUT2D eigenvalue weighted by Gasteiger charge is 2.16. The van der Waals surface area contributed by atoms with Gasteiger partial charge < -0.3 is 13.9 Å². The van der Waals surface area contributed by atoms with E-state index in [1.165, 1.54) is 11.8 Å². The molecule has 0 spiro atoms. The number of aryl methyl sites for hydroxylation is 3. The third-order valence-electron chi connectivity index (χ3n) is 4.98. The number of thioether (sulfide) groups is 1. The highest BCUT2D eigenvalue weighted by molar-refractivity contribution is 7.98. The Morgan fingerprint density at radius 1 is 1.16 bits per heavy atom. The maximum Gasteiger partial charge on any atom is 0.262 e. The van der Waals surface area contributed by atoms with Crippen LogP contribution in [0.2, 0.25) is 0 Å². The second-order valence-electron chi connectivity index (χ2n) is 7.08. The van der Waals surface area contributed by atoms with Gasteiger partial charge in [-0.25, -0.2) is 4.98 Å². The molecular formula is C22H24N4O4S2. The molecule has 0 N–H and O–H groups in total. The Hall–Kier alpha value is -2.85. The van der Waals surface area contributed by atoms with Crippen molar-refractivity contribution < 1.29 is 13.9 Å². The molecule has 4 rings (SSSR count). The van der Waals surface area contributed by atoms with Crippen LogP contribution in [0.3, 0.4) is 0 Å². The van der Waals surface area contributed by atoms with Gasteiger partial charge in [0.05, 0.1) is 25.4 Å². The van der Waals surface area contributed by atoms with E-state index in [2.05, 4.69) is 17.1 Å². The van der Waals surface area contributed by atoms with Gasteiger partial charge in [0.15, 0.2) is 16.7 Å². The molecule has 0 amide bonds. The zero-order valence-electron chi connectivity index (χ0n) is 18.4. The van der Waals surface area contributed by atoms with Gasteiger partial charge in [0.1, 0.15) is 4.83 Å². The van der Waals surface area contributed by atoms with Gasteiger partial charge in [-0.15, -0.1) is 21.5 Å². The van der Waals surface area contributed by atoms with Gasteiger partial charge in [-0.1, -0.05) is 24.8 Å². The fraction of sp³-hybridized carbons (Fsp3) is 0.364. The van der Waals surface area contributed by atoms with Crippen LogP contribution in [0.5, 0.6) is 11.5 Å². The van der Waals surface area contributed by atoms with E-state index in [0.29, 0.717) is 52.5 Å². The summed E-state index contributed by atoms with van der Waals surface area (Å²) >= 11 is 2.99. The molecule has 0 fully saturated rings. The molecule has 0 atom stereocenters. The number of nitrogens with zero attached hydrogens (tertiary/aromatic N) is 4. The van der Waals surface area contributed by atoms with Crippen LogP contribution in [0.1, 0.15) is 29.1 Å². The molecule has 4 aromatic rings. The molecule has 0 saturated carbocycles. The number of fused-ring (bicyclic) bond motifs is 1. The second-order valence-corrected chi connectivity index (χ2v) is 9.14. The SMILES string of the molecule is CCc1cc2c(=O)n(CCc3ccc(OC)c(OC)c3)c(SCc3nnc(C)o3)nc2s1. The monoisotopic (exact) mass is 472 g/mol. The first-order chi connectivity index (χ1) is 15.5. The Bertz CT molecular complexity index is 1300. The topological polar surface area (TPSA) is 92.3 Å². The lowest BCUT2D eigenvalue weighted by molar-refractivity contribution is 0.354. The maximum atomic E-state index is 13.4. The molecule has 3 aromatic heterocycles. The third kappa shape index (κ3) is 4.66. The summed E-state index contributed by atoms with van der Waals surface area (Å²) in [5, 5.41) is 9.22. The van der Waals surface area contributed by atoms with E-state index in [1.54, 1.807) is 37.0 Å². The summed E-state index contributed by atoms with van der Waals surface area (Å²) in [4.78, 5) is 20.1. The van der Waals surface area contributed by atoms with Gasteiger partial charge in [0.2, 0.25) is 11.8 Å². The predicted molar refractivity (Wildman–Crippen MR) is 125 cm³/mol. The molecule has 10 heteroatoms. The standard InChI is InChI=1S/C22H24N4O4S2/c1-5-15-11-16-20(32-15)23-22(31-12-19-25-24-13(2)30-19)26(21(16)27)9-8-14-6-7-17(28-3)18(10-14)29-4/h6-7,10-11H,5,8-9,12H2,1-4H3. The molecule has 0 aliphatic heterocycles. The second kappa shape index (κ2) is 9.74. The molecule has 3 heterocycles. The van der Waals surface area contributed by atoms with Crippen LogP contribution >= 0.6 is 23.1 Å². The smallest absolute Gasteiger partial charge is 0.262 e. The lowest BCUT2D eigenvalue weighted by Gasteiger charge is -2.13. The lowest BCUT2D eigenvalue weighted by atomic mass is 10.1. The quantitative estimate of drug-likeness (QED) is 0.263. The van der Waals surface area contributed by atoms with Gasteiger partial charge in [-0.05, 0) is 36.6 Å². The number of hydrogen-bond acceptors (Lipinski definition) is 9. The van der Waals surface area contributed by atoms with Crippen LogP contribution in [0.4, 0.5) is 0 Å². The normalized spacial score (nSPS) is 11.2. The molecule has 32 heavy (non-hydrogen) atoms. The summed E-state index contributed by atoms with van der Waals surface area (Å²) in [5.74, 6) is 2.81. The van der Waals surface area contributed by atoms with Crippen molar-refractivity contribution in [3.8, 4) is 11.5 Å². The van der Waals surface area contributed by atoms with Crippen molar-refractivity contribution in [1.82, 2.24) is 19.7 Å². The Kier molecular flexibility index (Phi) is 6.80. The number of thiophene rings is 1. The van der Waals surface area contributed by atoms with E-state index in [4.69, 9.17) is 18.9 Å². The van der Waals surface area contributed by atoms with Crippen LogP contribution < -0.4 is 15.0 Å². The number of ether oxygens (including phenoxy) is 2. The summed E-state index contributed by atoms with van der Waals surface area (Å²) in [6.07, 6.45) is 1.52. The first-order valence-corrected chi connectivity index (χ1v) is 12.0. The predicted octanol–water partition coefficient (Wildman–Crippen LogP) is 4.26. The fourth-order valence-electron chi connectivity index (χ4n) is 3.33. The number of hydrogen-bond donors (Lipinski definition) is 0. The minimum Gasteiger partial charge on any atom is -0.493 e. The molecule has 0 bridgehead atoms. The molecule has 0 unspecified atom stereocenters. The van der Waals surface area contributed by atoms with E-state index < -0.39 is 0 Å². The molecule has 0 aliphatic carbocycles. The van der Waals surface area contributed by atoms with E-state index in [0.717, 1.165) is 21.7 Å². The van der Waals surface area contributed by atoms with E-state index >= 15 is 0 Å². The van der Waals surface area contributed by atoms with Gasteiger partial charge >= 0.3 is 0 Å². The highest BCUT2D eigenvalue weighted by atomic mass is 32.2. The fourth-order valence-corrected chi connectivity index (χ4v) is 5.20. The average Bonchev–Trinajstić information content (AvgIpc) is 3.42. The lowest BCUT2D eigenvalue weighted by Crippen LogP contribution is -2.23. The molecule has 1 aromatic carbocycles. The highest BCUT2D eigenvalue weighted by Crippen LogP contribution is 2.29. The van der Waals surface area contributed by atoms with Crippen molar-refractivity contribution in [2.75, 3.05) is 14.2 Å². The first kappa shape index (κ1) is 22.3. The van der Waals surface area contributed by atoms with Gasteiger partial charge in [-0.2, -0.15) is 0 Å². The molecule has 0 radical (unpaired) electrons. The number of benzene rings is 1. The summed E-state index contributed by atoms with van der Waals surface area (Å²) in [6, 6.07) is 7.74. The largest absolute Gasteiger partial charge is 0.493 e. The molecular weight excluding hydrogens is 448 g/mol. The van der Waals surface area contributed by atoms with Crippen molar-refractivity contribution in [2.45, 2.75) is 44.1 Å². The zero-order valence-corrected chi connectivity index (χ0v) is 20.0. The Morgan fingerprint density at radius 2 is 1.97 bits per heavy atom. The van der Waals surface area contributed by atoms with Crippen LogP contribution in [0.25, 0.3) is 10.2 Å². The van der Waals surface area contributed by atoms with Crippen molar-refractivity contribution in [3.63, 3.8) is 0 Å². The van der Waals surface area contributed by atoms with Crippen LogP contribution in [0, 0.1) is 6.92 Å². The summed E-state index contributed by atoms with van der Waals surface area (Å²) < 4.78 is 17.9.